The number of ether oxygens (including phenoxy) is 2. The van der Waals surface area contributed by atoms with Gasteiger partial charge >= 0.3 is 5.97 Å². The summed E-state index contributed by atoms with van der Waals surface area (Å²) in [5.74, 6) is -0.389. The molecule has 0 bridgehead atoms. The number of piperidine rings is 1. The number of amides is 1. The Kier molecular flexibility index (Phi) is 9.54. The van der Waals surface area contributed by atoms with Crippen molar-refractivity contribution in [3.63, 3.8) is 0 Å². The summed E-state index contributed by atoms with van der Waals surface area (Å²) >= 11 is 0. The Morgan fingerprint density at radius 3 is 2.60 bits per heavy atom. The lowest BCUT2D eigenvalue weighted by Crippen LogP contribution is -2.46. The molecule has 1 amide bonds. The molecule has 1 fully saturated rings. The fourth-order valence-electron chi connectivity index (χ4n) is 2.30. The van der Waals surface area contributed by atoms with Gasteiger partial charge in [0.15, 0.2) is 0 Å². The van der Waals surface area contributed by atoms with Crippen LogP contribution in [-0.2, 0) is 19.1 Å². The van der Waals surface area contributed by atoms with Crippen molar-refractivity contribution in [2.24, 2.45) is 5.92 Å². The molecule has 0 spiro atoms. The molecule has 1 rings (SSSR count). The number of carbonyl (C=O) groups is 2. The largest absolute Gasteiger partial charge is 0.468 e. The van der Waals surface area contributed by atoms with E-state index < -0.39 is 5.97 Å². The number of hydrogen-bond acceptors (Lipinski definition) is 5. The molecule has 7 heteroatoms. The summed E-state index contributed by atoms with van der Waals surface area (Å²) in [6.07, 6.45) is 1.62. The molecule has 0 radical (unpaired) electrons. The number of rotatable bonds is 6. The van der Waals surface area contributed by atoms with E-state index in [2.05, 4.69) is 17.0 Å². The highest BCUT2D eigenvalue weighted by Gasteiger charge is 2.29. The number of esters is 1. The van der Waals surface area contributed by atoms with E-state index in [1.54, 1.807) is 7.11 Å². The molecule has 118 valence electrons. The van der Waals surface area contributed by atoms with Crippen molar-refractivity contribution in [1.29, 1.82) is 0 Å². The summed E-state index contributed by atoms with van der Waals surface area (Å²) in [5, 5.41) is 3.31. The van der Waals surface area contributed by atoms with Gasteiger partial charge in [0, 0.05) is 25.6 Å². The van der Waals surface area contributed by atoms with Crippen molar-refractivity contribution in [3.05, 3.63) is 0 Å². The monoisotopic (exact) mass is 308 g/mol. The van der Waals surface area contributed by atoms with Gasteiger partial charge in [-0.05, 0) is 26.3 Å². The van der Waals surface area contributed by atoms with Crippen molar-refractivity contribution < 1.29 is 19.1 Å². The maximum absolute atomic E-state index is 12.4. The molecule has 1 N–H and O–H groups in total. The van der Waals surface area contributed by atoms with Gasteiger partial charge in [-0.15, -0.1) is 12.4 Å². The number of nitrogens with zero attached hydrogens (tertiary/aromatic N) is 1. The van der Waals surface area contributed by atoms with Crippen molar-refractivity contribution in [1.82, 2.24) is 10.2 Å². The van der Waals surface area contributed by atoms with Gasteiger partial charge in [-0.2, -0.15) is 0 Å². The van der Waals surface area contributed by atoms with Gasteiger partial charge < -0.3 is 19.7 Å². The van der Waals surface area contributed by atoms with Crippen LogP contribution in [0, 0.1) is 5.92 Å². The van der Waals surface area contributed by atoms with E-state index in [-0.39, 0.29) is 30.8 Å². The van der Waals surface area contributed by atoms with E-state index in [0.29, 0.717) is 19.2 Å². The first-order valence-electron chi connectivity index (χ1n) is 6.66. The van der Waals surface area contributed by atoms with Crippen LogP contribution in [-0.4, -0.2) is 63.3 Å². The summed E-state index contributed by atoms with van der Waals surface area (Å²) in [6.45, 7) is 3.75. The minimum Gasteiger partial charge on any atom is -0.468 e. The third-order valence-electron chi connectivity index (χ3n) is 3.40. The summed E-state index contributed by atoms with van der Waals surface area (Å²) < 4.78 is 9.62. The molecule has 0 aromatic rings. The van der Waals surface area contributed by atoms with Crippen LogP contribution >= 0.6 is 12.4 Å². The quantitative estimate of drug-likeness (QED) is 0.721. The molecule has 1 aliphatic rings. The van der Waals surface area contributed by atoms with Crippen LogP contribution in [0.4, 0.5) is 0 Å². The Morgan fingerprint density at radius 1 is 1.35 bits per heavy atom. The molecule has 0 aliphatic carbocycles. The lowest BCUT2D eigenvalue weighted by Gasteiger charge is -2.31. The zero-order chi connectivity index (χ0) is 14.3. The fraction of sp³-hybridized carbons (Fsp3) is 0.846. The number of nitrogens with one attached hydrogen (secondary N) is 1. The number of halogens is 1. The average Bonchev–Trinajstić information content (AvgIpc) is 2.42. The summed E-state index contributed by atoms with van der Waals surface area (Å²) in [4.78, 5) is 25.3. The van der Waals surface area contributed by atoms with Crippen LogP contribution in [0.2, 0.25) is 0 Å². The first-order chi connectivity index (χ1) is 9.08. The average molecular weight is 309 g/mol. The molecule has 2 atom stereocenters. The van der Waals surface area contributed by atoms with Crippen LogP contribution in [0.15, 0.2) is 0 Å². The van der Waals surface area contributed by atoms with E-state index in [0.717, 1.165) is 19.4 Å². The van der Waals surface area contributed by atoms with Gasteiger partial charge in [0.2, 0.25) is 5.91 Å². The van der Waals surface area contributed by atoms with Crippen LogP contribution in [0.3, 0.4) is 0 Å². The molecular weight excluding hydrogens is 284 g/mol. The predicted octanol–water partition coefficient (Wildman–Crippen LogP) is 0.444. The Morgan fingerprint density at radius 2 is 2.05 bits per heavy atom. The van der Waals surface area contributed by atoms with Gasteiger partial charge in [0.05, 0.1) is 13.7 Å². The number of hydrogen-bond donors (Lipinski definition) is 1. The van der Waals surface area contributed by atoms with Crippen molar-refractivity contribution in [3.8, 4) is 0 Å². The SMILES string of the molecule is COCCN(CC(=O)OC)C(=O)[C@H]1CCN[C@@H](C)C1.Cl. The topological polar surface area (TPSA) is 67.9 Å². The molecule has 1 heterocycles. The van der Waals surface area contributed by atoms with Crippen LogP contribution in [0.1, 0.15) is 19.8 Å². The minimum absolute atomic E-state index is 0. The summed E-state index contributed by atoms with van der Waals surface area (Å²) in [5.41, 5.74) is 0. The predicted molar refractivity (Wildman–Crippen MR) is 77.9 cm³/mol. The highest BCUT2D eigenvalue weighted by atomic mass is 35.5. The molecule has 6 nitrogen and oxygen atoms in total. The third kappa shape index (κ3) is 6.07. The smallest absolute Gasteiger partial charge is 0.325 e. The molecule has 0 unspecified atom stereocenters. The highest BCUT2D eigenvalue weighted by molar-refractivity contribution is 5.85. The molecule has 20 heavy (non-hydrogen) atoms. The molecule has 1 aliphatic heterocycles. The van der Waals surface area contributed by atoms with Gasteiger partial charge in [-0.1, -0.05) is 0 Å². The van der Waals surface area contributed by atoms with Crippen LogP contribution < -0.4 is 5.32 Å². The second kappa shape index (κ2) is 9.96. The zero-order valence-electron chi connectivity index (χ0n) is 12.4. The van der Waals surface area contributed by atoms with E-state index in [9.17, 15) is 9.59 Å². The van der Waals surface area contributed by atoms with Gasteiger partial charge in [-0.25, -0.2) is 0 Å². The standard InChI is InChI=1S/C13H24N2O4.ClH/c1-10-8-11(4-5-14-10)13(17)15(6-7-18-2)9-12(16)19-3;/h10-11,14H,4-9H2,1-3H3;1H/t10-,11-;/m0./s1. The highest BCUT2D eigenvalue weighted by Crippen LogP contribution is 2.18. The van der Waals surface area contributed by atoms with Gasteiger partial charge in [-0.3, -0.25) is 9.59 Å². The van der Waals surface area contributed by atoms with Gasteiger partial charge in [0.25, 0.3) is 0 Å². The van der Waals surface area contributed by atoms with E-state index in [1.165, 1.54) is 12.0 Å². The van der Waals surface area contributed by atoms with Gasteiger partial charge in [0.1, 0.15) is 6.54 Å². The first kappa shape index (κ1) is 19.1. The lowest BCUT2D eigenvalue weighted by molar-refractivity contribution is -0.149. The molecule has 0 saturated carbocycles. The van der Waals surface area contributed by atoms with E-state index in [4.69, 9.17) is 4.74 Å². The lowest BCUT2D eigenvalue weighted by atomic mass is 9.92. The van der Waals surface area contributed by atoms with Crippen LogP contribution in [0.5, 0.6) is 0 Å². The Balaban J connectivity index is 0.00000361. The van der Waals surface area contributed by atoms with Crippen molar-refractivity contribution in [2.75, 3.05) is 40.5 Å². The second-order valence-corrected chi connectivity index (χ2v) is 4.91. The molecule has 1 saturated heterocycles. The normalized spacial score (nSPS) is 21.8. The van der Waals surface area contributed by atoms with Crippen LogP contribution in [0.25, 0.3) is 0 Å². The maximum Gasteiger partial charge on any atom is 0.325 e. The summed E-state index contributed by atoms with van der Waals surface area (Å²) in [6, 6.07) is 0.338. The number of carbonyl (C=O) groups excluding carboxylic acids is 2. The molecular formula is C13H25ClN2O4. The van der Waals surface area contributed by atoms with Crippen molar-refractivity contribution in [2.45, 2.75) is 25.8 Å². The Hall–Kier alpha value is -0.850. The number of methoxy groups -OCH3 is 2. The Bertz CT molecular complexity index is 315. The zero-order valence-corrected chi connectivity index (χ0v) is 13.2. The van der Waals surface area contributed by atoms with E-state index in [1.807, 2.05) is 0 Å². The minimum atomic E-state index is -0.397. The third-order valence-corrected chi connectivity index (χ3v) is 3.40. The summed E-state index contributed by atoms with van der Waals surface area (Å²) in [7, 11) is 2.90. The fourth-order valence-corrected chi connectivity index (χ4v) is 2.30. The first-order valence-corrected chi connectivity index (χ1v) is 6.66. The molecule has 0 aromatic carbocycles. The Labute approximate surface area is 126 Å². The van der Waals surface area contributed by atoms with Crippen molar-refractivity contribution >= 4 is 24.3 Å². The maximum atomic E-state index is 12.4. The molecule has 0 aromatic heterocycles. The second-order valence-electron chi connectivity index (χ2n) is 4.91. The van der Waals surface area contributed by atoms with E-state index >= 15 is 0 Å².